The number of ether oxygens (including phenoxy) is 4. The number of hydrogen-bond donors (Lipinski definition) is 2. The van der Waals surface area contributed by atoms with Gasteiger partial charge in [-0.05, 0) is 179 Å². The Hall–Kier alpha value is -12.0. The number of rotatable bonds is 10. The largest absolute Gasteiger partial charge is 0.486 e. The van der Waals surface area contributed by atoms with Crippen LogP contribution in [0.5, 0.6) is 23.0 Å². The molecule has 0 radical (unpaired) electrons. The molecule has 8 aromatic heterocycles. The molecule has 0 bridgehead atoms. The quantitative estimate of drug-likeness (QED) is 0.133. The Morgan fingerprint density at radius 3 is 1.41 bits per heavy atom. The van der Waals surface area contributed by atoms with Crippen molar-refractivity contribution in [3.8, 4) is 23.0 Å². The highest BCUT2D eigenvalue weighted by molar-refractivity contribution is 7.19. The fourth-order valence-electron chi connectivity index (χ4n) is 12.8. The van der Waals surface area contributed by atoms with Crippen molar-refractivity contribution < 1.29 is 27.8 Å². The molecule has 20 rings (SSSR count). The molecule has 0 spiro atoms. The van der Waals surface area contributed by atoms with Crippen LogP contribution in [0, 0.1) is 0 Å². The standard InChI is InChI=1S/C12H13N.C11H12N2.C11H13N.C11H14O2.C11H12O.C11H12S.C10H12N2.C10H11NO.C10H11NS.C10H12O2/c1-9(2)11-8-7-10-5-3-4-6-12(10)13-11;1-8(2)11-7-12-9-5-3-4-6-10(9)13-11;1-8(2)11-7-9-5-3-4-6-10(9)12-11;1-8(2)9-3-4-10-11(7-9)13-6-5-12-10;2*1-8(2)11-7-9-5-3-4-6-10(9)12-11;3*1-7(2)10-11-8-5-3-4-6-9(8)12-10;1-7(2)8-3-4-9-10(5-8)12-6-11-9/h3-9H,1-2H3;3-8H,1-2H3;3-8,12H,1-2H3;3-4,7-8H,5-6H2,1-2H3;2*3-8H,1-2H3;3-7H,1-2H3,(H,11,12);2*3-7H,1-2H3;3-5,7H,6H2,1-2H3. The lowest BCUT2D eigenvalue weighted by molar-refractivity contribution is 0.171. The summed E-state index contributed by atoms with van der Waals surface area (Å²) in [6, 6.07) is 88.5. The number of aromatic amines is 2. The van der Waals surface area contributed by atoms with Gasteiger partial charge in [-0.15, -0.1) is 22.7 Å². The van der Waals surface area contributed by atoms with E-state index in [0.717, 1.165) is 96.0 Å². The average Bonchev–Trinajstić information content (AvgIpc) is 1.78. The van der Waals surface area contributed by atoms with E-state index in [9.17, 15) is 0 Å². The Bertz CT molecular complexity index is 5410. The molecule has 0 aliphatic carbocycles. The molecule has 0 fully saturated rings. The molecule has 0 saturated carbocycles. The summed E-state index contributed by atoms with van der Waals surface area (Å²) in [5, 5.41) is 6.33. The number of benzene rings is 10. The second kappa shape index (κ2) is 44.7. The zero-order chi connectivity index (χ0) is 87.6. The topological polar surface area (TPSA) is 172 Å². The lowest BCUT2D eigenvalue weighted by Gasteiger charge is -2.19. The number of thiazole rings is 1. The Labute approximate surface area is 735 Å². The van der Waals surface area contributed by atoms with E-state index < -0.39 is 0 Å². The van der Waals surface area contributed by atoms with Crippen LogP contribution < -0.4 is 18.9 Å². The van der Waals surface area contributed by atoms with Crippen molar-refractivity contribution >= 4 is 109 Å². The van der Waals surface area contributed by atoms with Crippen molar-refractivity contribution in [2.24, 2.45) is 0 Å². The minimum Gasteiger partial charge on any atom is -0.486 e. The van der Waals surface area contributed by atoms with Crippen molar-refractivity contribution in [3.63, 3.8) is 0 Å². The van der Waals surface area contributed by atoms with Crippen LogP contribution >= 0.6 is 22.7 Å². The minimum absolute atomic E-state index is 0.358. The Kier molecular flexibility index (Phi) is 33.4. The number of oxazole rings is 1. The summed E-state index contributed by atoms with van der Waals surface area (Å²) < 4.78 is 35.2. The summed E-state index contributed by atoms with van der Waals surface area (Å²) in [6.07, 6.45) is 1.85. The fraction of sp³-hybridized carbons (Fsp3) is 0.308. The third-order valence-electron chi connectivity index (χ3n) is 20.3. The number of H-pyrrole nitrogens is 2. The number of imidazole rings is 1. The van der Waals surface area contributed by atoms with Gasteiger partial charge in [0.1, 0.15) is 35.9 Å². The third kappa shape index (κ3) is 26.3. The van der Waals surface area contributed by atoms with E-state index >= 15 is 0 Å². The molecule has 0 atom stereocenters. The van der Waals surface area contributed by atoms with Crippen LogP contribution in [0.3, 0.4) is 0 Å². The van der Waals surface area contributed by atoms with E-state index in [0.29, 0.717) is 79.2 Å². The summed E-state index contributed by atoms with van der Waals surface area (Å²) in [5.41, 5.74) is 16.5. The number of nitrogens with zero attached hydrogens (tertiary/aromatic N) is 6. The van der Waals surface area contributed by atoms with Crippen molar-refractivity contribution in [2.45, 2.75) is 198 Å². The number of thiophene rings is 1. The predicted octanol–water partition coefficient (Wildman–Crippen LogP) is 31.2. The lowest BCUT2D eigenvalue weighted by atomic mass is 10.0. The van der Waals surface area contributed by atoms with Crippen LogP contribution in [-0.4, -0.2) is 59.9 Å². The van der Waals surface area contributed by atoms with Gasteiger partial charge in [0, 0.05) is 67.1 Å². The van der Waals surface area contributed by atoms with Gasteiger partial charge in [-0.3, -0.25) is 9.97 Å². The van der Waals surface area contributed by atoms with Crippen molar-refractivity contribution in [2.75, 3.05) is 20.0 Å². The summed E-state index contributed by atoms with van der Waals surface area (Å²) in [4.78, 5) is 34.9. The molecule has 14 nitrogen and oxygen atoms in total. The van der Waals surface area contributed by atoms with Gasteiger partial charge in [0.05, 0.1) is 48.5 Å². The van der Waals surface area contributed by atoms with Crippen LogP contribution in [0.4, 0.5) is 0 Å². The first-order valence-electron chi connectivity index (χ1n) is 43.3. The van der Waals surface area contributed by atoms with Gasteiger partial charge in [0.2, 0.25) is 6.79 Å². The van der Waals surface area contributed by atoms with Crippen LogP contribution in [0.2, 0.25) is 0 Å². The predicted molar refractivity (Wildman–Crippen MR) is 518 cm³/mol. The van der Waals surface area contributed by atoms with E-state index in [1.165, 1.54) is 68.9 Å². The number of hydrogen-bond acceptors (Lipinski definition) is 14. The highest BCUT2D eigenvalue weighted by Gasteiger charge is 2.17. The molecule has 10 heterocycles. The smallest absolute Gasteiger partial charge is 0.231 e. The van der Waals surface area contributed by atoms with Gasteiger partial charge < -0.3 is 37.7 Å². The molecule has 2 aliphatic heterocycles. The minimum atomic E-state index is 0.358. The van der Waals surface area contributed by atoms with E-state index in [4.69, 9.17) is 27.8 Å². The molecule has 0 amide bonds. The molecule has 10 aromatic carbocycles. The normalized spacial score (nSPS) is 11.8. The Morgan fingerprint density at radius 1 is 0.301 bits per heavy atom. The maximum absolute atomic E-state index is 5.63. The van der Waals surface area contributed by atoms with Crippen LogP contribution in [0.25, 0.3) is 86.2 Å². The Balaban J connectivity index is 0.000000133. The molecule has 2 aliphatic rings. The van der Waals surface area contributed by atoms with Crippen molar-refractivity contribution in [1.29, 1.82) is 0 Å². The van der Waals surface area contributed by atoms with Gasteiger partial charge in [-0.1, -0.05) is 278 Å². The van der Waals surface area contributed by atoms with Crippen LogP contribution in [0.1, 0.15) is 253 Å². The number of furan rings is 1. The van der Waals surface area contributed by atoms with Crippen LogP contribution in [-0.2, 0) is 0 Å². The molecule has 638 valence electrons. The molecule has 2 N–H and O–H groups in total. The zero-order valence-electron chi connectivity index (χ0n) is 75.2. The molecule has 0 unspecified atom stereocenters. The first-order chi connectivity index (χ1) is 59.2. The number of aromatic nitrogens is 8. The van der Waals surface area contributed by atoms with Crippen molar-refractivity contribution in [3.05, 3.63) is 323 Å². The van der Waals surface area contributed by atoms with E-state index in [-0.39, 0.29) is 0 Å². The molecule has 0 saturated heterocycles. The second-order valence-electron chi connectivity index (χ2n) is 33.6. The van der Waals surface area contributed by atoms with Gasteiger partial charge in [0.25, 0.3) is 0 Å². The molecular formula is C107H122N8O6S2. The van der Waals surface area contributed by atoms with E-state index in [1.54, 1.807) is 11.3 Å². The van der Waals surface area contributed by atoms with Gasteiger partial charge in [0.15, 0.2) is 34.5 Å². The summed E-state index contributed by atoms with van der Waals surface area (Å²) in [6.45, 7) is 44.9. The number of nitrogens with one attached hydrogen (secondary N) is 2. The number of para-hydroxylation sites is 10. The summed E-state index contributed by atoms with van der Waals surface area (Å²) in [5.74, 6) is 11.5. The average molecular weight is 1680 g/mol. The van der Waals surface area contributed by atoms with Gasteiger partial charge >= 0.3 is 0 Å². The maximum Gasteiger partial charge on any atom is 0.231 e. The van der Waals surface area contributed by atoms with E-state index in [2.05, 4.69) is 312 Å². The number of fused-ring (bicyclic) bond motifs is 10. The zero-order valence-corrected chi connectivity index (χ0v) is 76.9. The maximum atomic E-state index is 5.63. The summed E-state index contributed by atoms with van der Waals surface area (Å²) >= 11 is 3.70. The monoisotopic (exact) mass is 1680 g/mol. The molecule has 16 heteroatoms. The van der Waals surface area contributed by atoms with E-state index in [1.807, 2.05) is 145 Å². The fourth-order valence-corrected chi connectivity index (χ4v) is 14.9. The molecule has 123 heavy (non-hydrogen) atoms. The molecular weight excluding hydrogens is 1560 g/mol. The van der Waals surface area contributed by atoms with Crippen molar-refractivity contribution in [1.82, 2.24) is 39.9 Å². The van der Waals surface area contributed by atoms with Gasteiger partial charge in [-0.2, -0.15) is 0 Å². The van der Waals surface area contributed by atoms with Crippen LogP contribution in [0.15, 0.2) is 276 Å². The first kappa shape index (κ1) is 91.8. The first-order valence-corrected chi connectivity index (χ1v) is 44.9. The Morgan fingerprint density at radius 2 is 0.829 bits per heavy atom. The SMILES string of the molecule is CC(C)c1cc2ccccc2[nH]1.CC(C)c1cc2ccccc2o1.CC(C)c1cc2ccccc2s1.CC(C)c1ccc2c(c1)OCCO2.CC(C)c1ccc2c(c1)OCO2.CC(C)c1ccc2ccccc2n1.CC(C)c1cnc2ccccc2n1.CC(C)c1nc2ccccc2[nH]1.CC(C)c1nc2ccccc2o1.CC(C)c1nc2ccccc2s1. The van der Waals surface area contributed by atoms with Gasteiger partial charge in [-0.25, -0.2) is 19.9 Å². The highest BCUT2D eigenvalue weighted by atomic mass is 32.1. The molecule has 18 aromatic rings. The summed E-state index contributed by atoms with van der Waals surface area (Å²) in [7, 11) is 0. The highest BCUT2D eigenvalue weighted by Crippen LogP contribution is 2.37. The third-order valence-corrected chi connectivity index (χ3v) is 23.1. The lowest BCUT2D eigenvalue weighted by Crippen LogP contribution is -2.15. The number of pyridine rings is 1. The second-order valence-corrected chi connectivity index (χ2v) is 35.8.